The third-order valence-corrected chi connectivity index (χ3v) is 7.49. The molecular formula is C22H36Cl3N3O2S. The second kappa shape index (κ2) is 15.5. The molecule has 1 saturated heterocycles. The molecule has 31 heavy (non-hydrogen) atoms. The summed E-state index contributed by atoms with van der Waals surface area (Å²) in [7, 11) is 0. The van der Waals surface area contributed by atoms with Crippen molar-refractivity contribution in [1.29, 1.82) is 0 Å². The van der Waals surface area contributed by atoms with Crippen molar-refractivity contribution in [1.82, 2.24) is 14.1 Å². The maximum absolute atomic E-state index is 11.6. The van der Waals surface area contributed by atoms with E-state index in [1.807, 2.05) is 12.1 Å². The molecule has 1 N–H and O–H groups in total. The third-order valence-electron chi connectivity index (χ3n) is 6.04. The molecule has 1 aliphatic heterocycles. The van der Waals surface area contributed by atoms with Gasteiger partial charge in [0.05, 0.1) is 0 Å². The number of hydrogen-bond acceptors (Lipinski definition) is 4. The predicted molar refractivity (Wildman–Crippen MR) is 136 cm³/mol. The van der Waals surface area contributed by atoms with Crippen LogP contribution in [0.3, 0.4) is 0 Å². The lowest BCUT2D eigenvalue weighted by atomic mass is 9.96. The van der Waals surface area contributed by atoms with Crippen molar-refractivity contribution >= 4 is 54.5 Å². The first-order valence-electron chi connectivity index (χ1n) is 11.0. The van der Waals surface area contributed by atoms with Crippen LogP contribution in [-0.4, -0.2) is 76.4 Å². The van der Waals surface area contributed by atoms with Crippen LogP contribution in [0, 0.1) is 0 Å². The topological polar surface area (TPSA) is 47.0 Å². The zero-order valence-electron chi connectivity index (χ0n) is 18.1. The van der Waals surface area contributed by atoms with Crippen LogP contribution in [0.5, 0.6) is 0 Å². The van der Waals surface area contributed by atoms with Gasteiger partial charge in [0.1, 0.15) is 0 Å². The molecule has 2 aliphatic rings. The number of carboxylic acid groups (broad SMARTS) is 1. The lowest BCUT2D eigenvalue weighted by molar-refractivity contribution is 0.134. The van der Waals surface area contributed by atoms with Crippen molar-refractivity contribution in [2.24, 2.45) is 0 Å². The van der Waals surface area contributed by atoms with Gasteiger partial charge in [-0.15, -0.1) is 24.8 Å². The molecule has 5 nitrogen and oxygen atoms in total. The van der Waals surface area contributed by atoms with Crippen molar-refractivity contribution in [3.05, 3.63) is 34.9 Å². The van der Waals surface area contributed by atoms with E-state index in [0.29, 0.717) is 0 Å². The molecule has 1 aromatic rings. The zero-order valence-corrected chi connectivity index (χ0v) is 21.3. The molecule has 1 amide bonds. The predicted octanol–water partition coefficient (Wildman–Crippen LogP) is 5.69. The van der Waals surface area contributed by atoms with Crippen molar-refractivity contribution in [2.75, 3.05) is 45.0 Å². The second-order valence-corrected chi connectivity index (χ2v) is 9.64. The van der Waals surface area contributed by atoms with Gasteiger partial charge >= 0.3 is 6.09 Å². The van der Waals surface area contributed by atoms with Gasteiger partial charge in [-0.2, -0.15) is 0 Å². The Hall–Kier alpha value is -0.370. The van der Waals surface area contributed by atoms with Gasteiger partial charge in [0.2, 0.25) is 0 Å². The summed E-state index contributed by atoms with van der Waals surface area (Å²) in [6.45, 7) is 6.61. The Morgan fingerprint density at radius 2 is 1.58 bits per heavy atom. The molecule has 0 bridgehead atoms. The summed E-state index contributed by atoms with van der Waals surface area (Å²) in [6.07, 6.45) is 6.98. The molecule has 2 fully saturated rings. The van der Waals surface area contributed by atoms with Crippen LogP contribution in [0.15, 0.2) is 24.3 Å². The normalized spacial score (nSPS) is 18.1. The summed E-state index contributed by atoms with van der Waals surface area (Å²) >= 11 is 7.47. The molecule has 1 aliphatic carbocycles. The summed E-state index contributed by atoms with van der Waals surface area (Å²) < 4.78 is 1.63. The fourth-order valence-electron chi connectivity index (χ4n) is 4.26. The van der Waals surface area contributed by atoms with Gasteiger partial charge in [0.15, 0.2) is 0 Å². The van der Waals surface area contributed by atoms with E-state index in [-0.39, 0.29) is 30.9 Å². The number of carbonyl (C=O) groups is 1. The van der Waals surface area contributed by atoms with Gasteiger partial charge in [-0.3, -0.25) is 0 Å². The highest BCUT2D eigenvalue weighted by Gasteiger charge is 2.25. The lowest BCUT2D eigenvalue weighted by Gasteiger charge is -2.35. The van der Waals surface area contributed by atoms with Crippen molar-refractivity contribution in [2.45, 2.75) is 51.0 Å². The van der Waals surface area contributed by atoms with E-state index in [9.17, 15) is 9.90 Å². The third kappa shape index (κ3) is 9.97. The Kier molecular flexibility index (Phi) is 14.3. The maximum atomic E-state index is 11.6. The number of benzene rings is 1. The molecule has 9 heteroatoms. The molecule has 0 unspecified atom stereocenters. The average molecular weight is 513 g/mol. The number of piperazine rings is 1. The maximum Gasteiger partial charge on any atom is 0.417 e. The van der Waals surface area contributed by atoms with Gasteiger partial charge in [0.25, 0.3) is 0 Å². The van der Waals surface area contributed by atoms with Crippen LogP contribution in [0.25, 0.3) is 0 Å². The first kappa shape index (κ1) is 28.7. The lowest BCUT2D eigenvalue weighted by Crippen LogP contribution is -2.47. The Morgan fingerprint density at radius 3 is 2.16 bits per heavy atom. The van der Waals surface area contributed by atoms with E-state index in [1.165, 1.54) is 23.9 Å². The number of rotatable bonds is 9. The van der Waals surface area contributed by atoms with Crippen LogP contribution in [0.1, 0.15) is 44.1 Å². The molecule has 1 aromatic carbocycles. The van der Waals surface area contributed by atoms with E-state index >= 15 is 0 Å². The minimum atomic E-state index is -0.767. The van der Waals surface area contributed by atoms with E-state index in [4.69, 9.17) is 11.6 Å². The van der Waals surface area contributed by atoms with Crippen molar-refractivity contribution < 1.29 is 9.90 Å². The smallest absolute Gasteiger partial charge is 0.417 e. The van der Waals surface area contributed by atoms with E-state index < -0.39 is 6.09 Å². The Bertz CT molecular complexity index is 625. The van der Waals surface area contributed by atoms with Gasteiger partial charge in [-0.05, 0) is 61.9 Å². The molecule has 1 heterocycles. The molecule has 0 radical (unpaired) electrons. The molecule has 1 saturated carbocycles. The minimum absolute atomic E-state index is 0. The molecule has 3 rings (SSSR count). The van der Waals surface area contributed by atoms with Crippen LogP contribution in [0.4, 0.5) is 4.79 Å². The van der Waals surface area contributed by atoms with E-state index in [2.05, 4.69) is 21.9 Å². The molecule has 0 spiro atoms. The number of halogens is 3. The standard InChI is InChI=1S/C22H34ClN3O2S.2ClH/c23-20-9-7-19(8-10-20)11-13-25-16-14-24(15-17-25)12-4-18-29-26(22(27)28)21-5-2-1-3-6-21;;/h7-10,21H,1-6,11-18H2,(H,27,28);2*1H. The fourth-order valence-corrected chi connectivity index (χ4v) is 5.37. The number of amides is 1. The minimum Gasteiger partial charge on any atom is -0.464 e. The summed E-state index contributed by atoms with van der Waals surface area (Å²) in [5.41, 5.74) is 1.34. The van der Waals surface area contributed by atoms with Gasteiger partial charge < -0.3 is 14.9 Å². The zero-order chi connectivity index (χ0) is 20.5. The van der Waals surface area contributed by atoms with Gasteiger partial charge in [-0.25, -0.2) is 9.10 Å². The molecule has 0 atom stereocenters. The monoisotopic (exact) mass is 511 g/mol. The fraction of sp³-hybridized carbons (Fsp3) is 0.682. The summed E-state index contributed by atoms with van der Waals surface area (Å²) in [4.78, 5) is 16.6. The van der Waals surface area contributed by atoms with Crippen LogP contribution < -0.4 is 0 Å². The van der Waals surface area contributed by atoms with Crippen LogP contribution in [0.2, 0.25) is 5.02 Å². The summed E-state index contributed by atoms with van der Waals surface area (Å²) in [5.74, 6) is 0.888. The van der Waals surface area contributed by atoms with Gasteiger partial charge in [0, 0.05) is 49.5 Å². The highest BCUT2D eigenvalue weighted by Crippen LogP contribution is 2.28. The van der Waals surface area contributed by atoms with E-state index in [1.54, 1.807) is 4.31 Å². The molecule has 0 aromatic heterocycles. The van der Waals surface area contributed by atoms with Gasteiger partial charge in [-0.1, -0.05) is 43.0 Å². The second-order valence-electron chi connectivity index (χ2n) is 8.15. The quantitative estimate of drug-likeness (QED) is 0.340. The molecule has 178 valence electrons. The van der Waals surface area contributed by atoms with Crippen LogP contribution >= 0.6 is 48.4 Å². The average Bonchev–Trinajstić information content (AvgIpc) is 2.74. The SMILES string of the molecule is Cl.Cl.O=C(O)N(SCCCN1CCN(CCc2ccc(Cl)cc2)CC1)C1CCCCC1. The largest absolute Gasteiger partial charge is 0.464 e. The Balaban J connectivity index is 0.00000240. The molecular weight excluding hydrogens is 477 g/mol. The number of hydrogen-bond donors (Lipinski definition) is 1. The Morgan fingerprint density at radius 1 is 1.00 bits per heavy atom. The Labute approximate surface area is 208 Å². The van der Waals surface area contributed by atoms with E-state index in [0.717, 1.165) is 88.6 Å². The van der Waals surface area contributed by atoms with Crippen molar-refractivity contribution in [3.8, 4) is 0 Å². The first-order valence-corrected chi connectivity index (χ1v) is 12.3. The summed E-state index contributed by atoms with van der Waals surface area (Å²) in [6, 6.07) is 8.38. The highest BCUT2D eigenvalue weighted by molar-refractivity contribution is 7.97. The van der Waals surface area contributed by atoms with Crippen LogP contribution in [-0.2, 0) is 6.42 Å². The summed E-state index contributed by atoms with van der Waals surface area (Å²) in [5, 5.41) is 10.3. The highest BCUT2D eigenvalue weighted by atomic mass is 35.5. The first-order chi connectivity index (χ1) is 14.1. The number of nitrogens with zero attached hydrogens (tertiary/aromatic N) is 3. The van der Waals surface area contributed by atoms with Crippen molar-refractivity contribution in [3.63, 3.8) is 0 Å².